The molecule has 1 amide bonds. The van der Waals surface area contributed by atoms with Crippen LogP contribution in [0, 0.1) is 5.92 Å². The molecule has 1 aliphatic rings. The van der Waals surface area contributed by atoms with Crippen LogP contribution in [0.25, 0.3) is 27.7 Å². The van der Waals surface area contributed by atoms with Gasteiger partial charge in [0, 0.05) is 35.0 Å². The molecule has 3 aromatic heterocycles. The number of ether oxygens (including phenoxy) is 1. The van der Waals surface area contributed by atoms with E-state index >= 15 is 0 Å². The van der Waals surface area contributed by atoms with Crippen molar-refractivity contribution in [3.63, 3.8) is 0 Å². The number of aromatic nitrogens is 4. The summed E-state index contributed by atoms with van der Waals surface area (Å²) in [6.07, 6.45) is 7.07. The van der Waals surface area contributed by atoms with E-state index in [4.69, 9.17) is 21.2 Å². The largest absolute Gasteiger partial charge is 0.439 e. The van der Waals surface area contributed by atoms with E-state index in [0.29, 0.717) is 11.7 Å². The van der Waals surface area contributed by atoms with Gasteiger partial charge in [0.1, 0.15) is 22.9 Å². The minimum atomic E-state index is -0.209. The summed E-state index contributed by atoms with van der Waals surface area (Å²) in [5.41, 5.74) is 15.1. The van der Waals surface area contributed by atoms with E-state index < -0.39 is 0 Å². The van der Waals surface area contributed by atoms with E-state index in [1.165, 1.54) is 0 Å². The van der Waals surface area contributed by atoms with Crippen molar-refractivity contribution in [2.75, 3.05) is 5.73 Å². The number of benzene rings is 2. The molecular weight excluding hydrogens is 452 g/mol. The minimum absolute atomic E-state index is 0.0457. The molecule has 0 radical (unpaired) electrons. The average Bonchev–Trinajstić information content (AvgIpc) is 3.33. The minimum Gasteiger partial charge on any atom is -0.439 e. The molecule has 0 bridgehead atoms. The summed E-state index contributed by atoms with van der Waals surface area (Å²) < 4.78 is 7.96. The van der Waals surface area contributed by atoms with Gasteiger partial charge in [0.25, 0.3) is 0 Å². The van der Waals surface area contributed by atoms with E-state index in [1.807, 2.05) is 71.3 Å². The number of para-hydroxylation sites is 1. The number of fused-ring (bicyclic) bond motifs is 2. The fourth-order valence-corrected chi connectivity index (χ4v) is 5.04. The molecule has 0 spiro atoms. The third kappa shape index (κ3) is 4.11. The molecule has 180 valence electrons. The smallest absolute Gasteiger partial charge is 0.220 e. The van der Waals surface area contributed by atoms with Crippen molar-refractivity contribution in [1.29, 1.82) is 0 Å². The molecule has 1 aliphatic carbocycles. The van der Waals surface area contributed by atoms with Gasteiger partial charge in [0.05, 0.1) is 17.4 Å². The average molecular weight is 479 g/mol. The van der Waals surface area contributed by atoms with Crippen LogP contribution in [-0.4, -0.2) is 25.3 Å². The number of anilines is 1. The number of hydrogen-bond donors (Lipinski definition) is 2. The molecule has 5 aromatic rings. The van der Waals surface area contributed by atoms with Crippen molar-refractivity contribution in [1.82, 2.24) is 19.4 Å². The number of pyridine rings is 1. The molecule has 8 nitrogen and oxygen atoms in total. The van der Waals surface area contributed by atoms with Crippen LogP contribution < -0.4 is 16.2 Å². The Morgan fingerprint density at radius 2 is 1.75 bits per heavy atom. The lowest BCUT2D eigenvalue weighted by Gasteiger charge is -2.25. The zero-order valence-corrected chi connectivity index (χ0v) is 19.7. The second-order valence-corrected chi connectivity index (χ2v) is 9.31. The highest BCUT2D eigenvalue weighted by Crippen LogP contribution is 2.36. The van der Waals surface area contributed by atoms with Crippen LogP contribution in [-0.2, 0) is 4.79 Å². The number of carbonyl (C=O) groups is 1. The maximum Gasteiger partial charge on any atom is 0.220 e. The number of rotatable bonds is 5. The second-order valence-electron chi connectivity index (χ2n) is 9.31. The van der Waals surface area contributed by atoms with E-state index in [0.717, 1.165) is 64.9 Å². The fraction of sp³-hybridized carbons (Fsp3) is 0.214. The highest BCUT2D eigenvalue weighted by molar-refractivity contribution is 5.84. The predicted octanol–water partition coefficient (Wildman–Crippen LogP) is 5.08. The summed E-state index contributed by atoms with van der Waals surface area (Å²) in [5, 5.41) is 1.00. The normalized spacial score (nSPS) is 17.9. The van der Waals surface area contributed by atoms with Gasteiger partial charge in [0.2, 0.25) is 11.8 Å². The van der Waals surface area contributed by atoms with Gasteiger partial charge >= 0.3 is 0 Å². The Kier molecular flexibility index (Phi) is 5.48. The molecular formula is C28H26N6O2. The lowest BCUT2D eigenvalue weighted by molar-refractivity contribution is -0.122. The van der Waals surface area contributed by atoms with E-state index in [2.05, 4.69) is 9.97 Å². The van der Waals surface area contributed by atoms with Gasteiger partial charge in [-0.1, -0.05) is 30.3 Å². The first-order chi connectivity index (χ1) is 17.5. The zero-order chi connectivity index (χ0) is 24.6. The SMILES string of the molecule is NC(=O)C1CCC(c2ncc3c(N)nc(-c4ccc5ccc(Oc6ccccc6)nc5c4)cn23)CC1. The van der Waals surface area contributed by atoms with Crippen LogP contribution in [0.1, 0.15) is 37.4 Å². The fourth-order valence-electron chi connectivity index (χ4n) is 5.04. The van der Waals surface area contributed by atoms with E-state index in [9.17, 15) is 4.79 Å². The lowest BCUT2D eigenvalue weighted by Crippen LogP contribution is -2.27. The van der Waals surface area contributed by atoms with E-state index in [-0.39, 0.29) is 17.7 Å². The lowest BCUT2D eigenvalue weighted by atomic mass is 9.81. The molecule has 36 heavy (non-hydrogen) atoms. The number of nitrogens with zero attached hydrogens (tertiary/aromatic N) is 4. The maximum absolute atomic E-state index is 11.6. The molecule has 0 atom stereocenters. The summed E-state index contributed by atoms with van der Waals surface area (Å²) in [5.74, 6) is 2.62. The Morgan fingerprint density at radius 1 is 0.972 bits per heavy atom. The number of primary amides is 1. The summed E-state index contributed by atoms with van der Waals surface area (Å²) in [6.45, 7) is 0. The molecule has 0 saturated heterocycles. The summed E-state index contributed by atoms with van der Waals surface area (Å²) in [4.78, 5) is 25.6. The second kappa shape index (κ2) is 8.96. The number of nitrogen functional groups attached to an aromatic ring is 1. The molecule has 6 rings (SSSR count). The molecule has 3 heterocycles. The first kappa shape index (κ1) is 22.0. The predicted molar refractivity (Wildman–Crippen MR) is 139 cm³/mol. The maximum atomic E-state index is 11.6. The third-order valence-corrected chi connectivity index (χ3v) is 7.00. The van der Waals surface area contributed by atoms with Crippen molar-refractivity contribution in [3.8, 4) is 22.9 Å². The van der Waals surface area contributed by atoms with Crippen molar-refractivity contribution < 1.29 is 9.53 Å². The number of amides is 1. The first-order valence-electron chi connectivity index (χ1n) is 12.1. The van der Waals surface area contributed by atoms with Gasteiger partial charge < -0.3 is 16.2 Å². The quantitative estimate of drug-likeness (QED) is 0.363. The van der Waals surface area contributed by atoms with Crippen molar-refractivity contribution in [2.45, 2.75) is 31.6 Å². The highest BCUT2D eigenvalue weighted by atomic mass is 16.5. The molecule has 2 aromatic carbocycles. The Labute approximate surface area is 208 Å². The van der Waals surface area contributed by atoms with Crippen LogP contribution in [0.5, 0.6) is 11.6 Å². The molecule has 0 unspecified atom stereocenters. The first-order valence-corrected chi connectivity index (χ1v) is 12.1. The Balaban J connectivity index is 1.34. The highest BCUT2D eigenvalue weighted by Gasteiger charge is 2.28. The van der Waals surface area contributed by atoms with Gasteiger partial charge in [-0.3, -0.25) is 9.20 Å². The monoisotopic (exact) mass is 478 g/mol. The summed E-state index contributed by atoms with van der Waals surface area (Å²) in [7, 11) is 0. The van der Waals surface area contributed by atoms with Gasteiger partial charge in [-0.2, -0.15) is 0 Å². The number of carbonyl (C=O) groups excluding carboxylic acids is 1. The van der Waals surface area contributed by atoms with E-state index in [1.54, 1.807) is 6.20 Å². The van der Waals surface area contributed by atoms with Crippen molar-refractivity contribution in [3.05, 3.63) is 78.9 Å². The summed E-state index contributed by atoms with van der Waals surface area (Å²) >= 11 is 0. The van der Waals surface area contributed by atoms with Gasteiger partial charge in [-0.05, 0) is 49.9 Å². The van der Waals surface area contributed by atoms with Crippen LogP contribution in [0.15, 0.2) is 73.1 Å². The number of imidazole rings is 1. The van der Waals surface area contributed by atoms with Crippen LogP contribution in [0.3, 0.4) is 0 Å². The van der Waals surface area contributed by atoms with Crippen LogP contribution in [0.4, 0.5) is 5.82 Å². The molecule has 1 fully saturated rings. The number of hydrogen-bond acceptors (Lipinski definition) is 6. The van der Waals surface area contributed by atoms with Gasteiger partial charge in [-0.15, -0.1) is 0 Å². The standard InChI is InChI=1S/C28H26N6O2/c29-26-24-15-31-28(19-9-7-18(8-10-19)27(30)35)34(24)16-23(33-26)20-11-6-17-12-13-25(32-22(17)14-20)36-21-4-2-1-3-5-21/h1-6,11-16,18-19H,7-10H2,(H2,29,33)(H2,30,35). The molecule has 0 aliphatic heterocycles. The van der Waals surface area contributed by atoms with Crippen molar-refractivity contribution in [2.24, 2.45) is 11.7 Å². The zero-order valence-electron chi connectivity index (χ0n) is 19.7. The molecule has 1 saturated carbocycles. The third-order valence-electron chi connectivity index (χ3n) is 7.00. The molecule has 8 heteroatoms. The van der Waals surface area contributed by atoms with Crippen LogP contribution >= 0.6 is 0 Å². The van der Waals surface area contributed by atoms with Crippen LogP contribution in [0.2, 0.25) is 0 Å². The van der Waals surface area contributed by atoms with Gasteiger partial charge in [0.15, 0.2) is 0 Å². The van der Waals surface area contributed by atoms with Crippen molar-refractivity contribution >= 4 is 28.1 Å². The topological polar surface area (TPSA) is 121 Å². The Hall–Kier alpha value is -4.46. The summed E-state index contributed by atoms with van der Waals surface area (Å²) in [6, 6.07) is 19.5. The Morgan fingerprint density at radius 3 is 2.53 bits per heavy atom. The number of nitrogens with two attached hydrogens (primary N) is 2. The Bertz CT molecular complexity index is 1570. The molecule has 4 N–H and O–H groups in total. The van der Waals surface area contributed by atoms with Gasteiger partial charge in [-0.25, -0.2) is 15.0 Å².